The summed E-state index contributed by atoms with van der Waals surface area (Å²) >= 11 is 6.21. The molecule has 5 saturated carbocycles. The summed E-state index contributed by atoms with van der Waals surface area (Å²) in [5.41, 5.74) is 3.37. The Balaban J connectivity index is 0.00000245. The zero-order valence-electron chi connectivity index (χ0n) is 34.7. The third kappa shape index (κ3) is 6.74. The number of fused-ring (bicyclic) bond motifs is 7. The van der Waals surface area contributed by atoms with E-state index in [0.29, 0.717) is 66.8 Å². The van der Waals surface area contributed by atoms with Gasteiger partial charge in [0.15, 0.2) is 5.78 Å². The first kappa shape index (κ1) is 41.2. The number of amides is 1. The van der Waals surface area contributed by atoms with Crippen molar-refractivity contribution in [2.45, 2.75) is 146 Å². The highest BCUT2D eigenvalue weighted by Crippen LogP contribution is 2.74. The molecule has 11 atom stereocenters. The number of allylic oxidation sites excluding steroid dienone is 2. The molecule has 7 rings (SSSR count). The maximum absolute atomic E-state index is 13.9. The highest BCUT2D eigenvalue weighted by Gasteiger charge is 2.66. The number of carboxylic acids is 1. The van der Waals surface area contributed by atoms with E-state index in [4.69, 9.17) is 11.6 Å². The van der Waals surface area contributed by atoms with Crippen molar-refractivity contribution in [1.29, 1.82) is 0 Å². The number of rotatable bonds is 9. The van der Waals surface area contributed by atoms with Gasteiger partial charge in [-0.3, -0.25) is 19.2 Å². The average molecular weight is 763 g/mol. The second kappa shape index (κ2) is 15.1. The standard InChI is InChI=1S/C45H62ClNO5.C2H6/c1-25(2)39-35(49)22-45(23-38(50)47-24-27-9-8-10-29(46)19-27)18-14-33-30(40(39)45)11-12-37-43(33,6)17-15-36-42(4,5)28(13-16-44(36,37)7)20-34(48)31-21-32(26(31)3)41(51)52;1-2/h8-10,19,25-26,28,30-33,36-37H,11-18,20-24H2,1-7H3,(H,47,50)(H,51,52);1-2H3. The lowest BCUT2D eigenvalue weighted by atomic mass is 9.35. The Hall–Kier alpha value is -2.47. The second-order valence-corrected chi connectivity index (χ2v) is 20.2. The number of halogens is 1. The number of carbonyl (C=O) groups excluding carboxylic acids is 3. The molecule has 6 aliphatic rings. The van der Waals surface area contributed by atoms with Crippen LogP contribution in [0.15, 0.2) is 35.4 Å². The predicted molar refractivity (Wildman–Crippen MR) is 216 cm³/mol. The highest BCUT2D eigenvalue weighted by molar-refractivity contribution is 6.30. The zero-order valence-corrected chi connectivity index (χ0v) is 35.4. The quantitative estimate of drug-likeness (QED) is 0.261. The largest absolute Gasteiger partial charge is 0.481 e. The zero-order chi connectivity index (χ0) is 39.5. The van der Waals surface area contributed by atoms with E-state index in [-0.39, 0.29) is 62.8 Å². The lowest BCUT2D eigenvalue weighted by Gasteiger charge is -2.69. The lowest BCUT2D eigenvalue weighted by Crippen LogP contribution is -2.62. The van der Waals surface area contributed by atoms with Gasteiger partial charge in [-0.2, -0.15) is 0 Å². The van der Waals surface area contributed by atoms with Gasteiger partial charge in [0.1, 0.15) is 5.78 Å². The van der Waals surface area contributed by atoms with Crippen LogP contribution in [0.4, 0.5) is 0 Å². The molecule has 5 fully saturated rings. The van der Waals surface area contributed by atoms with Crippen LogP contribution in [-0.2, 0) is 25.7 Å². The van der Waals surface area contributed by atoms with Gasteiger partial charge in [0.25, 0.3) is 0 Å². The minimum absolute atomic E-state index is 0.0209. The van der Waals surface area contributed by atoms with E-state index in [0.717, 1.165) is 56.1 Å². The molecule has 0 spiro atoms. The fourth-order valence-electron chi connectivity index (χ4n) is 14.2. The minimum atomic E-state index is -0.763. The minimum Gasteiger partial charge on any atom is -0.481 e. The number of carboxylic acid groups (broad SMARTS) is 1. The van der Waals surface area contributed by atoms with Crippen LogP contribution < -0.4 is 5.32 Å². The Bertz CT molecular complexity index is 1680. The molecule has 0 saturated heterocycles. The summed E-state index contributed by atoms with van der Waals surface area (Å²) in [5.74, 6) is 1.73. The van der Waals surface area contributed by atoms with E-state index in [1.807, 2.05) is 45.0 Å². The van der Waals surface area contributed by atoms with Crippen molar-refractivity contribution in [2.75, 3.05) is 0 Å². The summed E-state index contributed by atoms with van der Waals surface area (Å²) < 4.78 is 0. The van der Waals surface area contributed by atoms with Crippen LogP contribution in [0.5, 0.6) is 0 Å². The second-order valence-electron chi connectivity index (χ2n) is 19.8. The smallest absolute Gasteiger partial charge is 0.306 e. The van der Waals surface area contributed by atoms with E-state index < -0.39 is 5.97 Å². The first-order chi connectivity index (χ1) is 25.4. The van der Waals surface area contributed by atoms with Crippen LogP contribution in [0, 0.1) is 74.9 Å². The Kier molecular flexibility index (Phi) is 11.5. The van der Waals surface area contributed by atoms with Crippen molar-refractivity contribution in [3.63, 3.8) is 0 Å². The van der Waals surface area contributed by atoms with Gasteiger partial charge in [0, 0.05) is 42.2 Å². The molecule has 0 heterocycles. The van der Waals surface area contributed by atoms with Gasteiger partial charge in [-0.1, -0.05) is 91.6 Å². The SMILES string of the molecule is CC.CC(C)C1=C2C3CCC4C(C)(CCC5C(C)(C)C(CC(=O)C6CC(C(=O)O)C6C)CCC54C)C3CCC2(CC(=O)NCc2cccc(Cl)c2)CC1=O. The summed E-state index contributed by atoms with van der Waals surface area (Å²) in [5, 5.41) is 13.3. The lowest BCUT2D eigenvalue weighted by molar-refractivity contribution is -0.193. The molecule has 11 unspecified atom stereocenters. The number of hydrogen-bond acceptors (Lipinski definition) is 4. The van der Waals surface area contributed by atoms with Crippen LogP contribution in [0.2, 0.25) is 5.02 Å². The molecule has 1 aromatic rings. The Morgan fingerprint density at radius 3 is 2.28 bits per heavy atom. The van der Waals surface area contributed by atoms with Gasteiger partial charge < -0.3 is 10.4 Å². The molecule has 1 aromatic carbocycles. The van der Waals surface area contributed by atoms with Crippen LogP contribution >= 0.6 is 11.6 Å². The van der Waals surface area contributed by atoms with Crippen molar-refractivity contribution >= 4 is 35.0 Å². The van der Waals surface area contributed by atoms with E-state index in [9.17, 15) is 24.3 Å². The number of nitrogens with one attached hydrogen (secondary N) is 1. The molecule has 7 heteroatoms. The molecular weight excluding hydrogens is 694 g/mol. The van der Waals surface area contributed by atoms with Gasteiger partial charge in [-0.05, 0) is 139 Å². The Morgan fingerprint density at radius 1 is 0.926 bits per heavy atom. The molecule has 298 valence electrons. The van der Waals surface area contributed by atoms with Gasteiger partial charge >= 0.3 is 5.97 Å². The normalized spacial score (nSPS) is 39.2. The van der Waals surface area contributed by atoms with Gasteiger partial charge in [0.05, 0.1) is 5.92 Å². The summed E-state index contributed by atoms with van der Waals surface area (Å²) in [4.78, 5) is 52.8. The number of aliphatic carboxylic acids is 1. The first-order valence-electron chi connectivity index (χ1n) is 21.5. The highest BCUT2D eigenvalue weighted by atomic mass is 35.5. The van der Waals surface area contributed by atoms with Crippen LogP contribution in [-0.4, -0.2) is 28.5 Å². The maximum atomic E-state index is 13.9. The third-order valence-corrected chi connectivity index (χ3v) is 17.1. The number of carbonyl (C=O) groups is 4. The van der Waals surface area contributed by atoms with Crippen molar-refractivity contribution in [3.05, 3.63) is 46.0 Å². The Morgan fingerprint density at radius 2 is 1.63 bits per heavy atom. The van der Waals surface area contributed by atoms with E-state index in [2.05, 4.69) is 46.9 Å². The summed E-state index contributed by atoms with van der Waals surface area (Å²) in [6, 6.07) is 7.62. The van der Waals surface area contributed by atoms with Gasteiger partial charge in [-0.15, -0.1) is 0 Å². The molecular formula is C47H68ClNO5. The molecule has 0 bridgehead atoms. The van der Waals surface area contributed by atoms with E-state index in [1.54, 1.807) is 0 Å². The number of hydrogen-bond donors (Lipinski definition) is 2. The van der Waals surface area contributed by atoms with Crippen molar-refractivity contribution in [3.8, 4) is 0 Å². The van der Waals surface area contributed by atoms with Crippen LogP contribution in [0.1, 0.15) is 145 Å². The topological polar surface area (TPSA) is 101 Å². The fraction of sp³-hybridized carbons (Fsp3) is 0.745. The molecule has 2 N–H and O–H groups in total. The van der Waals surface area contributed by atoms with E-state index >= 15 is 0 Å². The third-order valence-electron chi connectivity index (χ3n) is 16.8. The summed E-state index contributed by atoms with van der Waals surface area (Å²) in [7, 11) is 0. The molecule has 0 radical (unpaired) electrons. The molecule has 0 aromatic heterocycles. The molecule has 54 heavy (non-hydrogen) atoms. The number of Topliss-reactive ketones (excluding diaryl/α,β-unsaturated/α-hetero) is 2. The number of ketones is 2. The average Bonchev–Trinajstić information content (AvgIpc) is 3.40. The molecule has 0 aliphatic heterocycles. The number of benzene rings is 1. The van der Waals surface area contributed by atoms with Crippen molar-refractivity contribution in [1.82, 2.24) is 5.32 Å². The monoisotopic (exact) mass is 761 g/mol. The maximum Gasteiger partial charge on any atom is 0.306 e. The predicted octanol–water partition coefficient (Wildman–Crippen LogP) is 10.9. The van der Waals surface area contributed by atoms with Crippen molar-refractivity contribution < 1.29 is 24.3 Å². The molecule has 6 aliphatic carbocycles. The van der Waals surface area contributed by atoms with Crippen LogP contribution in [0.3, 0.4) is 0 Å². The molecule has 6 nitrogen and oxygen atoms in total. The first-order valence-corrected chi connectivity index (χ1v) is 21.8. The van der Waals surface area contributed by atoms with Crippen LogP contribution in [0.25, 0.3) is 0 Å². The van der Waals surface area contributed by atoms with Gasteiger partial charge in [0.2, 0.25) is 5.91 Å². The Labute approximate surface area is 330 Å². The van der Waals surface area contributed by atoms with Gasteiger partial charge in [-0.25, -0.2) is 0 Å². The van der Waals surface area contributed by atoms with E-state index in [1.165, 1.54) is 12.0 Å². The molecule has 1 amide bonds. The fourth-order valence-corrected chi connectivity index (χ4v) is 14.4. The summed E-state index contributed by atoms with van der Waals surface area (Å²) in [6.07, 6.45) is 10.7. The summed E-state index contributed by atoms with van der Waals surface area (Å²) in [6.45, 7) is 20.7. The van der Waals surface area contributed by atoms with Crippen molar-refractivity contribution in [2.24, 2.45) is 74.9 Å².